The first-order valence-corrected chi connectivity index (χ1v) is 7.47. The van der Waals surface area contributed by atoms with Crippen LogP contribution in [-0.4, -0.2) is 11.9 Å². The molecule has 2 heterocycles. The van der Waals surface area contributed by atoms with Gasteiger partial charge in [0.25, 0.3) is 5.91 Å². The van der Waals surface area contributed by atoms with Crippen LogP contribution >= 0.6 is 0 Å². The number of nitrogens with zero attached hydrogens (tertiary/aromatic N) is 2. The van der Waals surface area contributed by atoms with Gasteiger partial charge in [0, 0.05) is 37.7 Å². The fourth-order valence-corrected chi connectivity index (χ4v) is 3.20. The highest BCUT2D eigenvalue weighted by atomic mass is 16.2. The van der Waals surface area contributed by atoms with E-state index in [4.69, 9.17) is 0 Å². The van der Waals surface area contributed by atoms with E-state index in [9.17, 15) is 4.79 Å². The highest BCUT2D eigenvalue weighted by Gasteiger charge is 2.36. The van der Waals surface area contributed by atoms with Crippen LogP contribution < -0.4 is 9.47 Å². The molecule has 0 unspecified atom stereocenters. The van der Waals surface area contributed by atoms with Crippen molar-refractivity contribution in [3.05, 3.63) is 59.9 Å². The Morgan fingerprint density at radius 2 is 1.95 bits per heavy atom. The van der Waals surface area contributed by atoms with Gasteiger partial charge in [0.15, 0.2) is 11.9 Å². The number of benzene rings is 1. The maximum absolute atomic E-state index is 13.0. The van der Waals surface area contributed by atoms with E-state index in [0.29, 0.717) is 0 Å². The SMILES string of the molecule is Cc1cccc[n+]1[C@H](C)C(=O)N1c2ccccc2C[C@@H]1C. The Bertz CT molecular complexity index is 680. The third-order valence-corrected chi connectivity index (χ3v) is 4.32. The Morgan fingerprint density at radius 1 is 1.24 bits per heavy atom. The summed E-state index contributed by atoms with van der Waals surface area (Å²) in [6.45, 7) is 6.13. The van der Waals surface area contributed by atoms with Gasteiger partial charge in [-0.1, -0.05) is 24.3 Å². The van der Waals surface area contributed by atoms with Crippen LogP contribution in [0.15, 0.2) is 48.7 Å². The maximum atomic E-state index is 13.0. The van der Waals surface area contributed by atoms with E-state index in [1.54, 1.807) is 0 Å². The predicted molar refractivity (Wildman–Crippen MR) is 83.2 cm³/mol. The molecule has 0 fully saturated rings. The number of para-hydroxylation sites is 1. The summed E-state index contributed by atoms with van der Waals surface area (Å²) in [7, 11) is 0. The molecule has 1 aromatic heterocycles. The van der Waals surface area contributed by atoms with Gasteiger partial charge in [-0.3, -0.25) is 4.79 Å². The second-order valence-corrected chi connectivity index (χ2v) is 5.82. The van der Waals surface area contributed by atoms with Gasteiger partial charge in [0.1, 0.15) is 0 Å². The molecule has 0 spiro atoms. The Hall–Kier alpha value is -2.16. The van der Waals surface area contributed by atoms with Gasteiger partial charge in [-0.25, -0.2) is 0 Å². The summed E-state index contributed by atoms with van der Waals surface area (Å²) >= 11 is 0. The molecule has 1 aliphatic rings. The van der Waals surface area contributed by atoms with Gasteiger partial charge in [-0.2, -0.15) is 4.57 Å². The first-order chi connectivity index (χ1) is 10.1. The van der Waals surface area contributed by atoms with E-state index in [-0.39, 0.29) is 18.0 Å². The first kappa shape index (κ1) is 13.8. The number of aryl methyl sites for hydroxylation is 1. The number of pyridine rings is 1. The minimum Gasteiger partial charge on any atom is -0.303 e. The molecule has 0 N–H and O–H groups in total. The Morgan fingerprint density at radius 3 is 2.71 bits per heavy atom. The highest BCUT2D eigenvalue weighted by molar-refractivity contribution is 5.97. The normalized spacial score (nSPS) is 18.4. The van der Waals surface area contributed by atoms with Crippen molar-refractivity contribution < 1.29 is 9.36 Å². The van der Waals surface area contributed by atoms with Crippen molar-refractivity contribution in [2.75, 3.05) is 4.90 Å². The zero-order valence-electron chi connectivity index (χ0n) is 12.8. The molecule has 108 valence electrons. The Labute approximate surface area is 125 Å². The molecule has 0 saturated heterocycles. The van der Waals surface area contributed by atoms with Gasteiger partial charge in [0.2, 0.25) is 6.04 Å². The molecule has 3 rings (SSSR count). The molecule has 1 aliphatic heterocycles. The standard InChI is InChI=1S/C18H21N2O/c1-13-8-6-7-11-19(13)15(3)18(21)20-14(2)12-16-9-4-5-10-17(16)20/h4-11,14-15H,12H2,1-3H3/q+1/t14-,15+/m0/s1. The van der Waals surface area contributed by atoms with Gasteiger partial charge >= 0.3 is 0 Å². The summed E-state index contributed by atoms with van der Waals surface area (Å²) in [6, 6.07) is 14.2. The number of amides is 1. The van der Waals surface area contributed by atoms with E-state index < -0.39 is 0 Å². The predicted octanol–water partition coefficient (Wildman–Crippen LogP) is 2.82. The molecule has 0 saturated carbocycles. The number of fused-ring (bicyclic) bond motifs is 1. The molecule has 0 bridgehead atoms. The monoisotopic (exact) mass is 281 g/mol. The summed E-state index contributed by atoms with van der Waals surface area (Å²) in [6.07, 6.45) is 2.91. The number of aromatic nitrogens is 1. The number of anilines is 1. The zero-order valence-corrected chi connectivity index (χ0v) is 12.8. The van der Waals surface area contributed by atoms with Crippen LogP contribution in [0.4, 0.5) is 5.69 Å². The molecule has 2 atom stereocenters. The fourth-order valence-electron chi connectivity index (χ4n) is 3.20. The summed E-state index contributed by atoms with van der Waals surface area (Å²) in [5, 5.41) is 0. The van der Waals surface area contributed by atoms with Gasteiger partial charge in [-0.15, -0.1) is 0 Å². The zero-order chi connectivity index (χ0) is 15.0. The minimum absolute atomic E-state index is 0.159. The number of rotatable bonds is 2. The first-order valence-electron chi connectivity index (χ1n) is 7.47. The lowest BCUT2D eigenvalue weighted by Gasteiger charge is -2.24. The van der Waals surface area contributed by atoms with Crippen LogP contribution in [0.5, 0.6) is 0 Å². The number of hydrogen-bond donors (Lipinski definition) is 0. The molecular weight excluding hydrogens is 260 g/mol. The van der Waals surface area contributed by atoms with Crippen LogP contribution in [0.2, 0.25) is 0 Å². The fraction of sp³-hybridized carbons (Fsp3) is 0.333. The van der Waals surface area contributed by atoms with Gasteiger partial charge in [-0.05, 0) is 25.0 Å². The molecule has 1 aromatic carbocycles. The van der Waals surface area contributed by atoms with Gasteiger partial charge in [0.05, 0.1) is 0 Å². The quantitative estimate of drug-likeness (QED) is 0.777. The van der Waals surface area contributed by atoms with Crippen molar-refractivity contribution in [3.63, 3.8) is 0 Å². The second kappa shape index (κ2) is 5.32. The minimum atomic E-state index is -0.195. The molecule has 2 aromatic rings. The lowest BCUT2D eigenvalue weighted by molar-refractivity contribution is -0.711. The summed E-state index contributed by atoms with van der Waals surface area (Å²) in [5.41, 5.74) is 3.43. The van der Waals surface area contributed by atoms with E-state index in [1.165, 1.54) is 5.56 Å². The summed E-state index contributed by atoms with van der Waals surface area (Å²) < 4.78 is 2.04. The van der Waals surface area contributed by atoms with Crippen LogP contribution in [0.25, 0.3) is 0 Å². The maximum Gasteiger partial charge on any atom is 0.296 e. The molecule has 1 amide bonds. The van der Waals surface area contributed by atoms with Gasteiger partial charge < -0.3 is 4.90 Å². The lowest BCUT2D eigenvalue weighted by atomic mass is 10.1. The second-order valence-electron chi connectivity index (χ2n) is 5.82. The third-order valence-electron chi connectivity index (χ3n) is 4.32. The highest BCUT2D eigenvalue weighted by Crippen LogP contribution is 2.32. The van der Waals surface area contributed by atoms with E-state index in [0.717, 1.165) is 17.8 Å². The van der Waals surface area contributed by atoms with Crippen molar-refractivity contribution in [1.82, 2.24) is 0 Å². The number of hydrogen-bond acceptors (Lipinski definition) is 1. The Balaban J connectivity index is 1.94. The van der Waals surface area contributed by atoms with E-state index in [2.05, 4.69) is 13.0 Å². The third kappa shape index (κ3) is 2.33. The summed E-state index contributed by atoms with van der Waals surface area (Å²) in [5.74, 6) is 0.159. The average molecular weight is 281 g/mol. The lowest BCUT2D eigenvalue weighted by Crippen LogP contribution is -2.51. The smallest absolute Gasteiger partial charge is 0.296 e. The largest absolute Gasteiger partial charge is 0.303 e. The van der Waals surface area contributed by atoms with E-state index in [1.807, 2.05) is 65.9 Å². The number of carbonyl (C=O) groups is 1. The Kier molecular flexibility index (Phi) is 3.50. The van der Waals surface area contributed by atoms with Crippen molar-refractivity contribution in [2.45, 2.75) is 39.3 Å². The summed E-state index contributed by atoms with van der Waals surface area (Å²) in [4.78, 5) is 14.9. The van der Waals surface area contributed by atoms with Crippen molar-refractivity contribution in [1.29, 1.82) is 0 Å². The van der Waals surface area contributed by atoms with E-state index >= 15 is 0 Å². The van der Waals surface area contributed by atoms with Crippen LogP contribution in [0.3, 0.4) is 0 Å². The molecule has 3 heteroatoms. The molecular formula is C18H21N2O+. The van der Waals surface area contributed by atoms with Crippen LogP contribution in [0, 0.1) is 6.92 Å². The van der Waals surface area contributed by atoms with Crippen LogP contribution in [0.1, 0.15) is 31.1 Å². The molecule has 3 nitrogen and oxygen atoms in total. The topological polar surface area (TPSA) is 24.2 Å². The average Bonchev–Trinajstić information content (AvgIpc) is 2.82. The molecule has 21 heavy (non-hydrogen) atoms. The number of carbonyl (C=O) groups excluding carboxylic acids is 1. The molecule has 0 radical (unpaired) electrons. The van der Waals surface area contributed by atoms with Crippen molar-refractivity contribution in [3.8, 4) is 0 Å². The molecule has 0 aliphatic carbocycles. The van der Waals surface area contributed by atoms with Crippen LogP contribution in [-0.2, 0) is 11.2 Å². The van der Waals surface area contributed by atoms with Crippen molar-refractivity contribution in [2.24, 2.45) is 0 Å². The van der Waals surface area contributed by atoms with Crippen molar-refractivity contribution >= 4 is 11.6 Å².